The van der Waals surface area contributed by atoms with E-state index in [1.807, 2.05) is 19.1 Å². The molecule has 1 N–H and O–H groups in total. The van der Waals surface area contributed by atoms with Crippen molar-refractivity contribution in [1.29, 1.82) is 0 Å². The Bertz CT molecular complexity index is 461. The normalized spacial score (nSPS) is 11.0. The first kappa shape index (κ1) is 16.1. The highest BCUT2D eigenvalue weighted by Gasteiger charge is 2.16. The molecule has 0 atom stereocenters. The van der Waals surface area contributed by atoms with Crippen molar-refractivity contribution in [2.75, 3.05) is 6.54 Å². The summed E-state index contributed by atoms with van der Waals surface area (Å²) in [6.07, 6.45) is 2.25. The lowest BCUT2D eigenvalue weighted by Crippen LogP contribution is -2.35. The molecule has 0 saturated carbocycles. The van der Waals surface area contributed by atoms with Gasteiger partial charge < -0.3 is 10.1 Å². The van der Waals surface area contributed by atoms with Crippen LogP contribution in [-0.2, 0) is 22.4 Å². The number of hydrogen-bond donors (Lipinski definition) is 1. The van der Waals surface area contributed by atoms with Gasteiger partial charge in [0.15, 0.2) is 5.78 Å². The molecule has 110 valence electrons. The molecule has 0 aliphatic rings. The SMILES string of the molecule is CCc1ccc(CC(=O)CNC(=O)OC(C)(C)C)cn1. The molecule has 1 heterocycles. The number of aryl methyl sites for hydroxylation is 1. The van der Waals surface area contributed by atoms with Crippen LogP contribution in [-0.4, -0.2) is 29.0 Å². The smallest absolute Gasteiger partial charge is 0.408 e. The van der Waals surface area contributed by atoms with Gasteiger partial charge in [-0.1, -0.05) is 13.0 Å². The fourth-order valence-electron chi connectivity index (χ4n) is 1.54. The average Bonchev–Trinajstić information content (AvgIpc) is 2.35. The van der Waals surface area contributed by atoms with Gasteiger partial charge in [0.2, 0.25) is 0 Å². The average molecular weight is 278 g/mol. The van der Waals surface area contributed by atoms with Gasteiger partial charge in [-0.15, -0.1) is 0 Å². The number of nitrogens with one attached hydrogen (secondary N) is 1. The molecule has 5 nitrogen and oxygen atoms in total. The molecule has 0 radical (unpaired) electrons. The van der Waals surface area contributed by atoms with Crippen LogP contribution in [0, 0.1) is 0 Å². The molecule has 20 heavy (non-hydrogen) atoms. The van der Waals surface area contributed by atoms with Crippen molar-refractivity contribution in [2.45, 2.75) is 46.1 Å². The number of carbonyl (C=O) groups is 2. The van der Waals surface area contributed by atoms with Gasteiger partial charge in [-0.2, -0.15) is 0 Å². The Balaban J connectivity index is 2.38. The summed E-state index contributed by atoms with van der Waals surface area (Å²) in [4.78, 5) is 27.4. The number of aromatic nitrogens is 1. The Labute approximate surface area is 119 Å². The van der Waals surface area contributed by atoms with Crippen LogP contribution in [0.5, 0.6) is 0 Å². The van der Waals surface area contributed by atoms with Crippen LogP contribution in [0.1, 0.15) is 39.0 Å². The van der Waals surface area contributed by atoms with E-state index in [0.29, 0.717) is 0 Å². The molecular formula is C15H22N2O3. The Morgan fingerprint density at radius 3 is 2.50 bits per heavy atom. The molecule has 5 heteroatoms. The van der Waals surface area contributed by atoms with Crippen LogP contribution in [0.2, 0.25) is 0 Å². The maximum absolute atomic E-state index is 11.7. The van der Waals surface area contributed by atoms with Crippen LogP contribution in [0.3, 0.4) is 0 Å². The molecule has 0 unspecified atom stereocenters. The summed E-state index contributed by atoms with van der Waals surface area (Å²) >= 11 is 0. The summed E-state index contributed by atoms with van der Waals surface area (Å²) < 4.78 is 5.05. The minimum absolute atomic E-state index is 0.0373. The van der Waals surface area contributed by atoms with Crippen LogP contribution >= 0.6 is 0 Å². The van der Waals surface area contributed by atoms with Crippen molar-refractivity contribution in [1.82, 2.24) is 10.3 Å². The first-order valence-corrected chi connectivity index (χ1v) is 6.72. The number of pyridine rings is 1. The molecule has 0 fully saturated rings. The highest BCUT2D eigenvalue weighted by Crippen LogP contribution is 2.06. The highest BCUT2D eigenvalue weighted by atomic mass is 16.6. The first-order chi connectivity index (χ1) is 9.30. The van der Waals surface area contributed by atoms with Crippen LogP contribution in [0.25, 0.3) is 0 Å². The van der Waals surface area contributed by atoms with Crippen molar-refractivity contribution in [3.8, 4) is 0 Å². The topological polar surface area (TPSA) is 68.3 Å². The maximum atomic E-state index is 11.7. The fraction of sp³-hybridized carbons (Fsp3) is 0.533. The quantitative estimate of drug-likeness (QED) is 0.897. The third-order valence-electron chi connectivity index (χ3n) is 2.48. The number of Topliss-reactive ketones (excluding diaryl/α,β-unsaturated/α-hetero) is 1. The van der Waals surface area contributed by atoms with Crippen LogP contribution < -0.4 is 5.32 Å². The van der Waals surface area contributed by atoms with Crippen LogP contribution in [0.4, 0.5) is 4.79 Å². The Morgan fingerprint density at radius 2 is 2.00 bits per heavy atom. The number of alkyl carbamates (subject to hydrolysis) is 1. The molecule has 1 aromatic heterocycles. The van der Waals surface area contributed by atoms with E-state index >= 15 is 0 Å². The van der Waals surface area contributed by atoms with Crippen molar-refractivity contribution in [3.05, 3.63) is 29.6 Å². The number of hydrogen-bond acceptors (Lipinski definition) is 4. The second-order valence-electron chi connectivity index (χ2n) is 5.58. The number of rotatable bonds is 5. The Hall–Kier alpha value is -1.91. The number of nitrogens with zero attached hydrogens (tertiary/aromatic N) is 1. The van der Waals surface area contributed by atoms with E-state index in [1.54, 1.807) is 27.0 Å². The fourth-order valence-corrected chi connectivity index (χ4v) is 1.54. The molecule has 1 rings (SSSR count). The first-order valence-electron chi connectivity index (χ1n) is 6.72. The van der Waals surface area contributed by atoms with Gasteiger partial charge in [0.1, 0.15) is 5.60 Å². The second-order valence-corrected chi connectivity index (χ2v) is 5.58. The molecule has 0 spiro atoms. The predicted molar refractivity (Wildman–Crippen MR) is 76.6 cm³/mol. The second kappa shape index (κ2) is 7.03. The number of amides is 1. The lowest BCUT2D eigenvalue weighted by molar-refractivity contribution is -0.117. The zero-order valence-corrected chi connectivity index (χ0v) is 12.5. The lowest BCUT2D eigenvalue weighted by atomic mass is 10.1. The van der Waals surface area contributed by atoms with Gasteiger partial charge >= 0.3 is 6.09 Å². The number of ketones is 1. The van der Waals surface area contributed by atoms with E-state index in [0.717, 1.165) is 17.7 Å². The van der Waals surface area contributed by atoms with Crippen molar-refractivity contribution >= 4 is 11.9 Å². The Morgan fingerprint density at radius 1 is 1.30 bits per heavy atom. The van der Waals surface area contributed by atoms with Crippen molar-refractivity contribution in [3.63, 3.8) is 0 Å². The molecule has 1 amide bonds. The van der Waals surface area contributed by atoms with Crippen molar-refractivity contribution < 1.29 is 14.3 Å². The summed E-state index contributed by atoms with van der Waals surface area (Å²) in [5.74, 6) is -0.0816. The number of ether oxygens (including phenoxy) is 1. The van der Waals surface area contributed by atoms with E-state index in [9.17, 15) is 9.59 Å². The molecule has 0 saturated heterocycles. The van der Waals surface area contributed by atoms with Gasteiger partial charge in [-0.25, -0.2) is 4.79 Å². The summed E-state index contributed by atoms with van der Waals surface area (Å²) in [6, 6.07) is 3.79. The van der Waals surface area contributed by atoms with E-state index in [-0.39, 0.29) is 18.7 Å². The van der Waals surface area contributed by atoms with Gasteiger partial charge in [0.05, 0.1) is 6.54 Å². The summed E-state index contributed by atoms with van der Waals surface area (Å²) in [6.45, 7) is 7.31. The van der Waals surface area contributed by atoms with Crippen LogP contribution in [0.15, 0.2) is 18.3 Å². The third-order valence-corrected chi connectivity index (χ3v) is 2.48. The lowest BCUT2D eigenvalue weighted by Gasteiger charge is -2.19. The predicted octanol–water partition coefficient (Wildman–Crippen LogP) is 2.28. The molecule has 0 aliphatic carbocycles. The monoisotopic (exact) mass is 278 g/mol. The molecule has 0 aliphatic heterocycles. The van der Waals surface area contributed by atoms with E-state index in [1.165, 1.54) is 0 Å². The standard InChI is InChI=1S/C15H22N2O3/c1-5-12-7-6-11(9-16-12)8-13(18)10-17-14(19)20-15(2,3)4/h6-7,9H,5,8,10H2,1-4H3,(H,17,19). The maximum Gasteiger partial charge on any atom is 0.408 e. The van der Waals surface area contributed by atoms with E-state index in [2.05, 4.69) is 10.3 Å². The summed E-state index contributed by atoms with van der Waals surface area (Å²) in [5, 5.41) is 2.45. The summed E-state index contributed by atoms with van der Waals surface area (Å²) in [5.41, 5.74) is 1.28. The highest BCUT2D eigenvalue weighted by molar-refractivity contribution is 5.85. The van der Waals surface area contributed by atoms with Gasteiger partial charge in [0.25, 0.3) is 0 Å². The van der Waals surface area contributed by atoms with E-state index in [4.69, 9.17) is 4.74 Å². The minimum Gasteiger partial charge on any atom is -0.444 e. The third kappa shape index (κ3) is 6.31. The summed E-state index contributed by atoms with van der Waals surface area (Å²) in [7, 11) is 0. The molecular weight excluding hydrogens is 256 g/mol. The molecule has 0 bridgehead atoms. The minimum atomic E-state index is -0.578. The number of carbonyl (C=O) groups excluding carboxylic acids is 2. The van der Waals surface area contributed by atoms with E-state index < -0.39 is 11.7 Å². The molecule has 1 aromatic rings. The van der Waals surface area contributed by atoms with Gasteiger partial charge in [-0.3, -0.25) is 9.78 Å². The van der Waals surface area contributed by atoms with Gasteiger partial charge in [-0.05, 0) is 38.8 Å². The Kier molecular flexibility index (Phi) is 5.67. The largest absolute Gasteiger partial charge is 0.444 e. The van der Waals surface area contributed by atoms with Crippen molar-refractivity contribution in [2.24, 2.45) is 0 Å². The van der Waals surface area contributed by atoms with Gasteiger partial charge in [0, 0.05) is 18.3 Å². The molecule has 0 aromatic carbocycles. The zero-order valence-electron chi connectivity index (χ0n) is 12.5. The zero-order chi connectivity index (χ0) is 15.2.